The second kappa shape index (κ2) is 7.97. The van der Waals surface area contributed by atoms with Crippen LogP contribution in [0.4, 0.5) is 5.82 Å². The minimum Gasteiger partial charge on any atom is -0.368 e. The lowest BCUT2D eigenvalue weighted by atomic mass is 10.1. The first-order chi connectivity index (χ1) is 12.6. The Hall–Kier alpha value is -2.92. The number of rotatable bonds is 7. The summed E-state index contributed by atoms with van der Waals surface area (Å²) in [5, 5.41) is 3.00. The van der Waals surface area contributed by atoms with Gasteiger partial charge in [-0.1, -0.05) is 42.5 Å². The molecule has 0 aliphatic heterocycles. The van der Waals surface area contributed by atoms with E-state index in [1.807, 2.05) is 60.0 Å². The SMILES string of the molecule is C=CCCOC(C)C(=O)Nc1c(-c2ccccc2)nc2c(C)cccn12. The molecule has 5 heteroatoms. The number of hydrogen-bond acceptors (Lipinski definition) is 3. The van der Waals surface area contributed by atoms with Crippen molar-refractivity contribution in [3.05, 3.63) is 66.9 Å². The minimum absolute atomic E-state index is 0.199. The molecule has 134 valence electrons. The number of ether oxygens (including phenoxy) is 1. The lowest BCUT2D eigenvalue weighted by Crippen LogP contribution is -2.28. The van der Waals surface area contributed by atoms with Crippen LogP contribution in [0, 0.1) is 6.92 Å². The summed E-state index contributed by atoms with van der Waals surface area (Å²) in [6, 6.07) is 13.8. The Morgan fingerprint density at radius 1 is 1.31 bits per heavy atom. The van der Waals surface area contributed by atoms with E-state index in [1.165, 1.54) is 0 Å². The number of aryl methyl sites for hydroxylation is 1. The number of benzene rings is 1. The van der Waals surface area contributed by atoms with Crippen molar-refractivity contribution in [2.75, 3.05) is 11.9 Å². The lowest BCUT2D eigenvalue weighted by Gasteiger charge is -2.14. The Bertz CT molecular complexity index is 916. The van der Waals surface area contributed by atoms with Crippen LogP contribution in [-0.4, -0.2) is 28.0 Å². The molecule has 2 heterocycles. The summed E-state index contributed by atoms with van der Waals surface area (Å²) >= 11 is 0. The number of aromatic nitrogens is 2. The molecule has 0 saturated heterocycles. The topological polar surface area (TPSA) is 55.6 Å². The number of fused-ring (bicyclic) bond motifs is 1. The fraction of sp³-hybridized carbons (Fsp3) is 0.238. The molecule has 26 heavy (non-hydrogen) atoms. The number of hydrogen-bond donors (Lipinski definition) is 1. The molecule has 0 aliphatic carbocycles. The molecule has 0 fully saturated rings. The van der Waals surface area contributed by atoms with Crippen LogP contribution >= 0.6 is 0 Å². The van der Waals surface area contributed by atoms with Gasteiger partial charge in [-0.05, 0) is 31.9 Å². The first-order valence-corrected chi connectivity index (χ1v) is 8.68. The summed E-state index contributed by atoms with van der Waals surface area (Å²) in [6.07, 6.45) is 3.82. The quantitative estimate of drug-likeness (QED) is 0.513. The molecule has 2 aromatic heterocycles. The molecule has 1 atom stereocenters. The van der Waals surface area contributed by atoms with Crippen LogP contribution in [0.25, 0.3) is 16.9 Å². The van der Waals surface area contributed by atoms with Gasteiger partial charge in [0.15, 0.2) is 0 Å². The van der Waals surface area contributed by atoms with Crippen molar-refractivity contribution in [1.29, 1.82) is 0 Å². The summed E-state index contributed by atoms with van der Waals surface area (Å²) < 4.78 is 7.47. The van der Waals surface area contributed by atoms with Crippen LogP contribution in [0.15, 0.2) is 61.3 Å². The molecule has 1 N–H and O–H groups in total. The molecule has 0 spiro atoms. The third-order valence-corrected chi connectivity index (χ3v) is 4.19. The van der Waals surface area contributed by atoms with Gasteiger partial charge in [0.2, 0.25) is 0 Å². The molecule has 3 aromatic rings. The Balaban J connectivity index is 1.97. The van der Waals surface area contributed by atoms with E-state index in [9.17, 15) is 4.79 Å². The van der Waals surface area contributed by atoms with Gasteiger partial charge in [0.25, 0.3) is 5.91 Å². The summed E-state index contributed by atoms with van der Waals surface area (Å²) in [4.78, 5) is 17.4. The third-order valence-electron chi connectivity index (χ3n) is 4.19. The van der Waals surface area contributed by atoms with E-state index < -0.39 is 6.10 Å². The average molecular weight is 349 g/mol. The van der Waals surface area contributed by atoms with Crippen molar-refractivity contribution in [3.8, 4) is 11.3 Å². The van der Waals surface area contributed by atoms with Crippen LogP contribution in [0.2, 0.25) is 0 Å². The fourth-order valence-corrected chi connectivity index (χ4v) is 2.74. The zero-order chi connectivity index (χ0) is 18.5. The van der Waals surface area contributed by atoms with E-state index in [0.29, 0.717) is 18.8 Å². The Kier molecular flexibility index (Phi) is 5.49. The molecule has 5 nitrogen and oxygen atoms in total. The van der Waals surface area contributed by atoms with E-state index in [0.717, 1.165) is 22.5 Å². The number of pyridine rings is 1. The van der Waals surface area contributed by atoms with Crippen molar-refractivity contribution in [1.82, 2.24) is 9.38 Å². The van der Waals surface area contributed by atoms with Gasteiger partial charge in [0.1, 0.15) is 23.3 Å². The standard InChI is InChI=1S/C21H23N3O2/c1-4-5-14-26-16(3)21(25)23-20-18(17-11-7-6-8-12-17)22-19-15(2)10-9-13-24(19)20/h4,6-13,16H,1,5,14H2,2-3H3,(H,23,25). The van der Waals surface area contributed by atoms with Crippen molar-refractivity contribution in [2.45, 2.75) is 26.4 Å². The molecule has 1 aromatic carbocycles. The van der Waals surface area contributed by atoms with Gasteiger partial charge in [-0.15, -0.1) is 6.58 Å². The second-order valence-corrected chi connectivity index (χ2v) is 6.14. The Morgan fingerprint density at radius 2 is 2.08 bits per heavy atom. The molecule has 1 unspecified atom stereocenters. The maximum atomic E-state index is 12.6. The number of amides is 1. The van der Waals surface area contributed by atoms with Gasteiger partial charge in [-0.2, -0.15) is 0 Å². The number of anilines is 1. The highest BCUT2D eigenvalue weighted by Crippen LogP contribution is 2.29. The van der Waals surface area contributed by atoms with Gasteiger partial charge in [-0.3, -0.25) is 9.20 Å². The molecule has 0 aliphatic rings. The highest BCUT2D eigenvalue weighted by molar-refractivity contribution is 5.97. The van der Waals surface area contributed by atoms with E-state index in [2.05, 4.69) is 11.9 Å². The molecule has 0 saturated carbocycles. The number of nitrogens with one attached hydrogen (secondary N) is 1. The number of imidazole rings is 1. The maximum absolute atomic E-state index is 12.6. The molecular formula is C21H23N3O2. The molecule has 0 bridgehead atoms. The van der Waals surface area contributed by atoms with E-state index in [-0.39, 0.29) is 5.91 Å². The Morgan fingerprint density at radius 3 is 2.81 bits per heavy atom. The van der Waals surface area contributed by atoms with Gasteiger partial charge in [-0.25, -0.2) is 4.98 Å². The van der Waals surface area contributed by atoms with Crippen LogP contribution in [0.3, 0.4) is 0 Å². The predicted octanol–water partition coefficient (Wildman–Crippen LogP) is 4.23. The number of carbonyl (C=O) groups is 1. The lowest BCUT2D eigenvalue weighted by molar-refractivity contribution is -0.126. The minimum atomic E-state index is -0.561. The molecular weight excluding hydrogens is 326 g/mol. The van der Waals surface area contributed by atoms with Crippen molar-refractivity contribution in [3.63, 3.8) is 0 Å². The first kappa shape index (κ1) is 17.9. The summed E-state index contributed by atoms with van der Waals surface area (Å²) in [7, 11) is 0. The van der Waals surface area contributed by atoms with Crippen molar-refractivity contribution < 1.29 is 9.53 Å². The fourth-order valence-electron chi connectivity index (χ4n) is 2.74. The predicted molar refractivity (Wildman–Crippen MR) is 104 cm³/mol. The van der Waals surface area contributed by atoms with E-state index in [1.54, 1.807) is 13.0 Å². The first-order valence-electron chi connectivity index (χ1n) is 8.68. The maximum Gasteiger partial charge on any atom is 0.254 e. The highest BCUT2D eigenvalue weighted by atomic mass is 16.5. The van der Waals surface area contributed by atoms with Crippen LogP contribution in [0.1, 0.15) is 18.9 Å². The third kappa shape index (κ3) is 3.68. The van der Waals surface area contributed by atoms with Crippen molar-refractivity contribution >= 4 is 17.4 Å². The van der Waals surface area contributed by atoms with Gasteiger partial charge < -0.3 is 10.1 Å². The summed E-state index contributed by atoms with van der Waals surface area (Å²) in [5.74, 6) is 0.452. The molecule has 0 radical (unpaired) electrons. The Labute approximate surface area is 153 Å². The summed E-state index contributed by atoms with van der Waals surface area (Å²) in [6.45, 7) is 7.88. The van der Waals surface area contributed by atoms with Crippen molar-refractivity contribution in [2.24, 2.45) is 0 Å². The van der Waals surface area contributed by atoms with Gasteiger partial charge >= 0.3 is 0 Å². The normalized spacial score (nSPS) is 12.1. The van der Waals surface area contributed by atoms with Crippen LogP contribution in [-0.2, 0) is 9.53 Å². The second-order valence-electron chi connectivity index (χ2n) is 6.14. The smallest absolute Gasteiger partial charge is 0.254 e. The van der Waals surface area contributed by atoms with E-state index in [4.69, 9.17) is 9.72 Å². The molecule has 3 rings (SSSR count). The largest absolute Gasteiger partial charge is 0.368 e. The summed E-state index contributed by atoms with van der Waals surface area (Å²) in [5.41, 5.74) is 3.56. The van der Waals surface area contributed by atoms with Crippen LogP contribution in [0.5, 0.6) is 0 Å². The van der Waals surface area contributed by atoms with Gasteiger partial charge in [0, 0.05) is 11.8 Å². The highest BCUT2D eigenvalue weighted by Gasteiger charge is 2.20. The van der Waals surface area contributed by atoms with E-state index >= 15 is 0 Å². The number of carbonyl (C=O) groups excluding carboxylic acids is 1. The zero-order valence-corrected chi connectivity index (χ0v) is 15.1. The number of nitrogens with zero attached hydrogens (tertiary/aromatic N) is 2. The van der Waals surface area contributed by atoms with Gasteiger partial charge in [0.05, 0.1) is 6.61 Å². The average Bonchev–Trinajstić information content (AvgIpc) is 3.02. The monoisotopic (exact) mass is 349 g/mol. The van der Waals surface area contributed by atoms with Crippen LogP contribution < -0.4 is 5.32 Å². The molecule has 1 amide bonds. The zero-order valence-electron chi connectivity index (χ0n) is 15.1.